The molecule has 6 heteroatoms. The molecular formula is C13H15NO5. The van der Waals surface area contributed by atoms with Crippen LogP contribution in [0.2, 0.25) is 0 Å². The van der Waals surface area contributed by atoms with E-state index in [1.54, 1.807) is 19.1 Å². The number of nitrogens with one attached hydrogen (secondary N) is 1. The minimum Gasteiger partial charge on any atom is -0.480 e. The van der Waals surface area contributed by atoms with E-state index in [9.17, 15) is 9.59 Å². The Hall–Kier alpha value is -2.24. The molecule has 0 saturated heterocycles. The summed E-state index contributed by atoms with van der Waals surface area (Å²) in [7, 11) is 0. The van der Waals surface area contributed by atoms with Gasteiger partial charge in [0.2, 0.25) is 12.7 Å². The van der Waals surface area contributed by atoms with Crippen molar-refractivity contribution in [3.63, 3.8) is 0 Å². The van der Waals surface area contributed by atoms with E-state index in [0.29, 0.717) is 17.2 Å². The molecule has 0 aromatic heterocycles. The van der Waals surface area contributed by atoms with Crippen molar-refractivity contribution in [3.05, 3.63) is 17.7 Å². The van der Waals surface area contributed by atoms with Crippen molar-refractivity contribution in [2.75, 3.05) is 12.1 Å². The van der Waals surface area contributed by atoms with Gasteiger partial charge in [0.1, 0.15) is 5.41 Å². The molecule has 19 heavy (non-hydrogen) atoms. The number of carbonyl (C=O) groups is 2. The van der Waals surface area contributed by atoms with Gasteiger partial charge in [-0.3, -0.25) is 9.59 Å². The Balaban J connectivity index is 2.25. The molecule has 1 aromatic rings. The van der Waals surface area contributed by atoms with Crippen molar-refractivity contribution in [1.82, 2.24) is 0 Å². The Bertz CT molecular complexity index is 550. The van der Waals surface area contributed by atoms with Crippen LogP contribution >= 0.6 is 0 Å². The lowest BCUT2D eigenvalue weighted by molar-refractivity contribution is -0.151. The first kappa shape index (κ1) is 13.2. The van der Waals surface area contributed by atoms with Crippen molar-refractivity contribution in [3.8, 4) is 11.5 Å². The fraction of sp³-hybridized carbons (Fsp3) is 0.385. The van der Waals surface area contributed by atoms with Gasteiger partial charge in [-0.15, -0.1) is 0 Å². The molecule has 0 radical (unpaired) electrons. The summed E-state index contributed by atoms with van der Waals surface area (Å²) in [6, 6.07) is 3.37. The average Bonchev–Trinajstić information content (AvgIpc) is 2.76. The fourth-order valence-corrected chi connectivity index (χ4v) is 1.55. The summed E-state index contributed by atoms with van der Waals surface area (Å²) in [5.74, 6) is -0.604. The van der Waals surface area contributed by atoms with Crippen LogP contribution in [0.25, 0.3) is 0 Å². The lowest BCUT2D eigenvalue weighted by atomic mass is 9.92. The van der Waals surface area contributed by atoms with E-state index in [-0.39, 0.29) is 6.79 Å². The molecule has 1 heterocycles. The number of aryl methyl sites for hydroxylation is 1. The predicted octanol–water partition coefficient (Wildman–Crippen LogP) is 1.77. The topological polar surface area (TPSA) is 84.9 Å². The molecule has 1 aliphatic heterocycles. The van der Waals surface area contributed by atoms with Gasteiger partial charge in [-0.2, -0.15) is 0 Å². The van der Waals surface area contributed by atoms with Crippen molar-refractivity contribution in [2.24, 2.45) is 5.41 Å². The maximum absolute atomic E-state index is 12.0. The number of fused-ring (bicyclic) bond motifs is 1. The third-order valence-electron chi connectivity index (χ3n) is 3.07. The largest absolute Gasteiger partial charge is 0.480 e. The lowest BCUT2D eigenvalue weighted by Crippen LogP contribution is -2.38. The van der Waals surface area contributed by atoms with Crippen molar-refractivity contribution in [2.45, 2.75) is 20.8 Å². The second-order valence-electron chi connectivity index (χ2n) is 4.90. The summed E-state index contributed by atoms with van der Waals surface area (Å²) < 4.78 is 10.4. The number of hydrogen-bond donors (Lipinski definition) is 2. The number of aliphatic carboxylic acids is 1. The monoisotopic (exact) mass is 265 g/mol. The van der Waals surface area contributed by atoms with Crippen LogP contribution in [-0.2, 0) is 9.59 Å². The van der Waals surface area contributed by atoms with Crippen LogP contribution in [-0.4, -0.2) is 23.8 Å². The van der Waals surface area contributed by atoms with Gasteiger partial charge >= 0.3 is 5.97 Å². The number of hydrogen-bond acceptors (Lipinski definition) is 4. The van der Waals surface area contributed by atoms with Crippen LogP contribution in [0.4, 0.5) is 5.69 Å². The minimum absolute atomic E-state index is 0.146. The summed E-state index contributed by atoms with van der Waals surface area (Å²) >= 11 is 0. The molecule has 0 bridgehead atoms. The second-order valence-corrected chi connectivity index (χ2v) is 4.90. The number of rotatable bonds is 3. The zero-order valence-corrected chi connectivity index (χ0v) is 10.9. The number of amides is 1. The molecule has 2 rings (SSSR count). The second kappa shape index (κ2) is 4.46. The van der Waals surface area contributed by atoms with E-state index in [2.05, 4.69) is 5.32 Å². The first-order valence-electron chi connectivity index (χ1n) is 5.77. The van der Waals surface area contributed by atoms with Crippen LogP contribution in [0.15, 0.2) is 12.1 Å². The lowest BCUT2D eigenvalue weighted by Gasteiger charge is -2.19. The maximum Gasteiger partial charge on any atom is 0.318 e. The standard InChI is InChI=1S/C13H15NO5/c1-7-4-9-10(19-6-18-9)5-8(7)14-11(15)13(2,3)12(16)17/h4-5H,6H2,1-3H3,(H,14,15)(H,16,17). The molecule has 0 saturated carbocycles. The molecule has 0 unspecified atom stereocenters. The Morgan fingerprint density at radius 3 is 2.42 bits per heavy atom. The normalized spacial score (nSPS) is 13.2. The van der Waals surface area contributed by atoms with Crippen LogP contribution in [0.1, 0.15) is 19.4 Å². The average molecular weight is 265 g/mol. The molecular weight excluding hydrogens is 250 g/mol. The maximum atomic E-state index is 12.0. The number of carbonyl (C=O) groups excluding carboxylic acids is 1. The van der Waals surface area contributed by atoms with Crippen LogP contribution in [0.5, 0.6) is 11.5 Å². The van der Waals surface area contributed by atoms with Gasteiger partial charge < -0.3 is 19.9 Å². The molecule has 102 valence electrons. The first-order valence-corrected chi connectivity index (χ1v) is 5.77. The molecule has 0 spiro atoms. The highest BCUT2D eigenvalue weighted by Gasteiger charge is 2.36. The molecule has 0 aliphatic carbocycles. The molecule has 1 amide bonds. The Labute approximate surface area is 110 Å². The van der Waals surface area contributed by atoms with Gasteiger partial charge in [0, 0.05) is 11.8 Å². The summed E-state index contributed by atoms with van der Waals surface area (Å²) in [6.07, 6.45) is 0. The molecule has 0 fully saturated rings. The Kier molecular flexibility index (Phi) is 3.09. The number of anilines is 1. The number of carboxylic acids is 1. The number of carboxylic acid groups (broad SMARTS) is 1. The van der Waals surface area contributed by atoms with E-state index in [4.69, 9.17) is 14.6 Å². The van der Waals surface area contributed by atoms with Gasteiger partial charge in [-0.1, -0.05) is 0 Å². The van der Waals surface area contributed by atoms with E-state index in [1.165, 1.54) is 13.8 Å². The predicted molar refractivity (Wildman–Crippen MR) is 67.3 cm³/mol. The van der Waals surface area contributed by atoms with Gasteiger partial charge in [0.05, 0.1) is 0 Å². The van der Waals surface area contributed by atoms with Crippen LogP contribution in [0.3, 0.4) is 0 Å². The highest BCUT2D eigenvalue weighted by atomic mass is 16.7. The third kappa shape index (κ3) is 2.33. The summed E-state index contributed by atoms with van der Waals surface area (Å²) in [5.41, 5.74) is -0.203. The smallest absolute Gasteiger partial charge is 0.318 e. The van der Waals surface area contributed by atoms with E-state index >= 15 is 0 Å². The zero-order chi connectivity index (χ0) is 14.2. The van der Waals surface area contributed by atoms with Gasteiger partial charge in [-0.25, -0.2) is 0 Å². The molecule has 1 aromatic carbocycles. The van der Waals surface area contributed by atoms with Crippen LogP contribution in [0, 0.1) is 12.3 Å². The highest BCUT2D eigenvalue weighted by Crippen LogP contribution is 2.37. The van der Waals surface area contributed by atoms with Crippen molar-refractivity contribution < 1.29 is 24.2 Å². The number of ether oxygens (including phenoxy) is 2. The minimum atomic E-state index is -1.50. The van der Waals surface area contributed by atoms with Crippen molar-refractivity contribution >= 4 is 17.6 Å². The number of benzene rings is 1. The summed E-state index contributed by atoms with van der Waals surface area (Å²) in [4.78, 5) is 23.0. The van der Waals surface area contributed by atoms with Crippen molar-refractivity contribution in [1.29, 1.82) is 0 Å². The quantitative estimate of drug-likeness (QED) is 0.814. The summed E-state index contributed by atoms with van der Waals surface area (Å²) in [5, 5.41) is 11.6. The van der Waals surface area contributed by atoms with E-state index < -0.39 is 17.3 Å². The van der Waals surface area contributed by atoms with E-state index in [0.717, 1.165) is 5.56 Å². The summed E-state index contributed by atoms with van der Waals surface area (Å²) in [6.45, 7) is 4.65. The Morgan fingerprint density at radius 1 is 1.26 bits per heavy atom. The van der Waals surface area contributed by atoms with Gasteiger partial charge in [0.15, 0.2) is 11.5 Å². The SMILES string of the molecule is Cc1cc2c(cc1NC(=O)C(C)(C)C(=O)O)OCO2. The first-order chi connectivity index (χ1) is 8.82. The molecule has 1 aliphatic rings. The molecule has 6 nitrogen and oxygen atoms in total. The van der Waals surface area contributed by atoms with E-state index in [1.807, 2.05) is 0 Å². The highest BCUT2D eigenvalue weighted by molar-refractivity contribution is 6.07. The van der Waals surface area contributed by atoms with Crippen LogP contribution < -0.4 is 14.8 Å². The molecule has 0 atom stereocenters. The zero-order valence-electron chi connectivity index (χ0n) is 10.9. The Morgan fingerprint density at radius 2 is 1.84 bits per heavy atom. The fourth-order valence-electron chi connectivity index (χ4n) is 1.55. The van der Waals surface area contributed by atoms with Gasteiger partial charge in [-0.05, 0) is 32.4 Å². The third-order valence-corrected chi connectivity index (χ3v) is 3.07. The van der Waals surface area contributed by atoms with Gasteiger partial charge in [0.25, 0.3) is 0 Å². The molecule has 2 N–H and O–H groups in total.